The number of benzene rings is 2. The monoisotopic (exact) mass is 801 g/mol. The van der Waals surface area contributed by atoms with Crippen molar-refractivity contribution in [2.24, 2.45) is 28.8 Å². The molecule has 316 valence electrons. The summed E-state index contributed by atoms with van der Waals surface area (Å²) in [6.07, 6.45) is 10.9. The summed E-state index contributed by atoms with van der Waals surface area (Å²) >= 11 is 0. The van der Waals surface area contributed by atoms with Gasteiger partial charge in [0.2, 0.25) is 11.7 Å². The molecule has 0 aromatic heterocycles. The Morgan fingerprint density at radius 2 is 1.78 bits per heavy atom. The third-order valence-corrected chi connectivity index (χ3v) is 12.4. The number of allylic oxidation sites excluding steroid dienone is 1. The van der Waals surface area contributed by atoms with E-state index < -0.39 is 17.7 Å². The minimum Gasteiger partial charge on any atom is -0.492 e. The summed E-state index contributed by atoms with van der Waals surface area (Å²) in [5.74, 6) is -0.181. The lowest BCUT2D eigenvalue weighted by molar-refractivity contribution is -0.258. The number of hydrogen-bond donors (Lipinski definition) is 3. The van der Waals surface area contributed by atoms with Crippen LogP contribution in [0.25, 0.3) is 0 Å². The van der Waals surface area contributed by atoms with E-state index in [2.05, 4.69) is 23.6 Å². The summed E-state index contributed by atoms with van der Waals surface area (Å²) in [5.41, 5.74) is 3.80. The number of nitrogens with zero attached hydrogens (tertiary/aromatic N) is 3. The minimum absolute atomic E-state index is 0.0365. The van der Waals surface area contributed by atoms with E-state index in [4.69, 9.17) is 28.9 Å². The maximum Gasteiger partial charge on any atom is 0.239 e. The molecular weight excluding hydrogens is 739 g/mol. The van der Waals surface area contributed by atoms with Gasteiger partial charge in [0.1, 0.15) is 30.8 Å². The van der Waals surface area contributed by atoms with Crippen LogP contribution in [0.5, 0.6) is 11.5 Å². The van der Waals surface area contributed by atoms with Crippen LogP contribution in [0.1, 0.15) is 74.8 Å². The van der Waals surface area contributed by atoms with E-state index in [1.54, 1.807) is 6.08 Å². The molecule has 58 heavy (non-hydrogen) atoms. The fourth-order valence-electron chi connectivity index (χ4n) is 9.40. The Kier molecular flexibility index (Phi) is 14.9. The number of aliphatic hydroxyl groups excluding tert-OH is 3. The SMILES string of the molecule is C=CCOC12Oc3ccc(OCCN4CC4)cc3C3C(CCCCO)C(CCCCO)C=C(C(=NOCc4ccccc4)CC1N(CCOCCO)C(=O)C1CC1)C32. The van der Waals surface area contributed by atoms with Crippen LogP contribution >= 0.6 is 0 Å². The zero-order valence-electron chi connectivity index (χ0n) is 33.9. The second-order valence-electron chi connectivity index (χ2n) is 16.4. The average molecular weight is 802 g/mol. The number of fused-ring (bicyclic) bond motifs is 2. The van der Waals surface area contributed by atoms with Gasteiger partial charge in [-0.3, -0.25) is 9.69 Å². The summed E-state index contributed by atoms with van der Waals surface area (Å²) < 4.78 is 26.6. The number of ether oxygens (including phenoxy) is 4. The van der Waals surface area contributed by atoms with Gasteiger partial charge >= 0.3 is 0 Å². The van der Waals surface area contributed by atoms with Gasteiger partial charge in [-0.1, -0.05) is 60.5 Å². The minimum atomic E-state index is -1.33. The Hall–Kier alpha value is -3.78. The summed E-state index contributed by atoms with van der Waals surface area (Å²) in [5, 5.41) is 34.3. The number of carbonyl (C=O) groups excluding carboxylic acids is 1. The van der Waals surface area contributed by atoms with Crippen molar-refractivity contribution in [3.63, 3.8) is 0 Å². The lowest BCUT2D eigenvalue weighted by Gasteiger charge is -2.60. The van der Waals surface area contributed by atoms with Crippen LogP contribution in [0, 0.1) is 23.7 Å². The van der Waals surface area contributed by atoms with Crippen LogP contribution < -0.4 is 9.47 Å². The topological polar surface area (TPSA) is 143 Å². The van der Waals surface area contributed by atoms with Gasteiger partial charge in [-0.05, 0) is 79.7 Å². The second kappa shape index (κ2) is 20.5. The van der Waals surface area contributed by atoms with E-state index in [1.807, 2.05) is 47.4 Å². The van der Waals surface area contributed by atoms with Crippen LogP contribution in [-0.2, 0) is 25.7 Å². The average Bonchev–Trinajstić information content (AvgIpc) is 4.18. The van der Waals surface area contributed by atoms with Crippen molar-refractivity contribution < 1.29 is 43.9 Å². The van der Waals surface area contributed by atoms with Crippen molar-refractivity contribution in [1.29, 1.82) is 0 Å². The molecule has 0 bridgehead atoms. The van der Waals surface area contributed by atoms with Crippen molar-refractivity contribution >= 4 is 11.6 Å². The number of rotatable bonds is 25. The highest BCUT2D eigenvalue weighted by Gasteiger charge is 2.66. The number of carbonyl (C=O) groups is 1. The van der Waals surface area contributed by atoms with Gasteiger partial charge in [-0.25, -0.2) is 0 Å². The van der Waals surface area contributed by atoms with Crippen molar-refractivity contribution in [3.05, 3.63) is 84.0 Å². The van der Waals surface area contributed by atoms with Gasteiger partial charge in [0.05, 0.1) is 38.1 Å². The molecule has 6 unspecified atom stereocenters. The predicted octanol–water partition coefficient (Wildman–Crippen LogP) is 5.46. The Morgan fingerprint density at radius 3 is 2.50 bits per heavy atom. The molecule has 1 saturated heterocycles. The van der Waals surface area contributed by atoms with Crippen molar-refractivity contribution in [2.45, 2.75) is 82.1 Å². The highest BCUT2D eigenvalue weighted by molar-refractivity contribution is 6.03. The van der Waals surface area contributed by atoms with Crippen molar-refractivity contribution in [1.82, 2.24) is 9.80 Å². The highest BCUT2D eigenvalue weighted by atomic mass is 16.7. The number of unbranched alkanes of at least 4 members (excludes halogenated alkanes) is 2. The molecule has 6 atom stereocenters. The molecule has 3 fully saturated rings. The number of hydrogen-bond acceptors (Lipinski definition) is 11. The van der Waals surface area contributed by atoms with Crippen LogP contribution in [0.2, 0.25) is 0 Å². The third kappa shape index (κ3) is 9.97. The molecule has 3 N–H and O–H groups in total. The molecule has 7 rings (SSSR count). The van der Waals surface area contributed by atoms with E-state index in [9.17, 15) is 20.1 Å². The molecule has 2 heterocycles. The Labute approximate surface area is 343 Å². The summed E-state index contributed by atoms with van der Waals surface area (Å²) in [7, 11) is 0. The third-order valence-electron chi connectivity index (χ3n) is 12.4. The first-order chi connectivity index (χ1) is 28.5. The van der Waals surface area contributed by atoms with Crippen LogP contribution in [0.15, 0.2) is 78.0 Å². The van der Waals surface area contributed by atoms with E-state index >= 15 is 0 Å². The standard InChI is InChI=1S/C46H63N3O9/c1-2-25-56-46-42(49(21-26-54-28-24-52)45(53)34-14-15-34)31-40(47-57-32-33-10-4-3-5-11-33)38-29-35(12-6-8-22-50)37(13-7-9-23-51)43(44(38)46)39-30-36(16-17-41(39)58-46)55-27-20-48-18-19-48/h2-5,10-11,16-17,29-30,34-35,37,42-44,50-52H,1,6-9,12-15,18-28,31-32H2. The fourth-order valence-corrected chi connectivity index (χ4v) is 9.40. The molecule has 12 heteroatoms. The van der Waals surface area contributed by atoms with Gasteiger partial charge in [0.15, 0.2) is 0 Å². The Bertz CT molecular complexity index is 1710. The fraction of sp³-hybridized carbons (Fsp3) is 0.609. The first-order valence-corrected chi connectivity index (χ1v) is 21.6. The largest absolute Gasteiger partial charge is 0.492 e. The van der Waals surface area contributed by atoms with E-state index in [0.29, 0.717) is 31.6 Å². The molecule has 0 spiro atoms. The number of aliphatic hydroxyl groups is 3. The Balaban J connectivity index is 1.39. The molecule has 5 aliphatic rings. The van der Waals surface area contributed by atoms with Crippen molar-refractivity contribution in [3.8, 4) is 11.5 Å². The van der Waals surface area contributed by atoms with Crippen LogP contribution in [-0.4, -0.2) is 121 Å². The predicted molar refractivity (Wildman–Crippen MR) is 220 cm³/mol. The van der Waals surface area contributed by atoms with Gasteiger partial charge in [-0.2, -0.15) is 0 Å². The second-order valence-corrected chi connectivity index (χ2v) is 16.4. The summed E-state index contributed by atoms with van der Waals surface area (Å²) in [6, 6.07) is 15.5. The molecule has 12 nitrogen and oxygen atoms in total. The van der Waals surface area contributed by atoms with Gasteiger partial charge in [0.25, 0.3) is 0 Å². The lowest BCUT2D eigenvalue weighted by atomic mass is 9.55. The molecule has 0 radical (unpaired) electrons. The maximum atomic E-state index is 14.5. The molecule has 3 aliphatic carbocycles. The zero-order valence-corrected chi connectivity index (χ0v) is 33.9. The number of amides is 1. The summed E-state index contributed by atoms with van der Waals surface area (Å²) in [4.78, 5) is 25.0. The molecule has 2 aromatic rings. The number of oxime groups is 1. The normalized spacial score (nSPS) is 26.6. The molecule has 2 aliphatic heterocycles. The first kappa shape index (κ1) is 42.3. The van der Waals surface area contributed by atoms with Gasteiger partial charge in [-0.15, -0.1) is 6.58 Å². The highest BCUT2D eigenvalue weighted by Crippen LogP contribution is 2.62. The quantitative estimate of drug-likeness (QED) is 0.0513. The van der Waals surface area contributed by atoms with Crippen LogP contribution in [0.4, 0.5) is 0 Å². The van der Waals surface area contributed by atoms with E-state index in [-0.39, 0.29) is 82.4 Å². The van der Waals surface area contributed by atoms with E-state index in [0.717, 1.165) is 86.3 Å². The molecule has 1 amide bonds. The molecular formula is C46H63N3O9. The first-order valence-electron chi connectivity index (χ1n) is 21.6. The zero-order chi connectivity index (χ0) is 40.3. The molecule has 2 saturated carbocycles. The Morgan fingerprint density at radius 1 is 0.983 bits per heavy atom. The van der Waals surface area contributed by atoms with Crippen molar-refractivity contribution in [2.75, 3.05) is 72.4 Å². The molecule has 2 aromatic carbocycles. The lowest BCUT2D eigenvalue weighted by Crippen LogP contribution is -2.70. The van der Waals surface area contributed by atoms with Gasteiger partial charge in [0, 0.05) is 63.2 Å². The summed E-state index contributed by atoms with van der Waals surface area (Å²) in [6.45, 7) is 9.04. The van der Waals surface area contributed by atoms with Gasteiger partial charge < -0.3 is 44.0 Å². The van der Waals surface area contributed by atoms with E-state index in [1.165, 1.54) is 0 Å². The maximum absolute atomic E-state index is 14.5. The van der Waals surface area contributed by atoms with Crippen LogP contribution in [0.3, 0.4) is 0 Å². The smallest absolute Gasteiger partial charge is 0.239 e.